The number of hydrogen-bond donors (Lipinski definition) is 1. The summed E-state index contributed by atoms with van der Waals surface area (Å²) in [5, 5.41) is 10.1. The summed E-state index contributed by atoms with van der Waals surface area (Å²) in [6.07, 6.45) is 4.99. The maximum Gasteiger partial charge on any atom is 0.251 e. The van der Waals surface area contributed by atoms with Gasteiger partial charge in [0.1, 0.15) is 0 Å². The van der Waals surface area contributed by atoms with Crippen molar-refractivity contribution in [1.82, 2.24) is 15.1 Å². The van der Waals surface area contributed by atoms with E-state index < -0.39 is 0 Å². The van der Waals surface area contributed by atoms with Crippen LogP contribution in [0.4, 0.5) is 0 Å². The summed E-state index contributed by atoms with van der Waals surface area (Å²) in [6.45, 7) is 6.49. The van der Waals surface area contributed by atoms with Gasteiger partial charge >= 0.3 is 0 Å². The highest BCUT2D eigenvalue weighted by molar-refractivity contribution is 5.98. The molecule has 134 valence electrons. The number of carbonyl (C=O) groups is 1. The summed E-state index contributed by atoms with van der Waals surface area (Å²) < 4.78 is 2.11. The minimum atomic E-state index is -0.0438. The van der Waals surface area contributed by atoms with Crippen molar-refractivity contribution >= 4 is 16.7 Å². The Bertz CT molecular complexity index is 965. The third-order valence-electron chi connectivity index (χ3n) is 5.14. The van der Waals surface area contributed by atoms with Crippen LogP contribution in [0.3, 0.4) is 0 Å². The fourth-order valence-corrected chi connectivity index (χ4v) is 3.86. The molecule has 4 nitrogen and oxygen atoms in total. The zero-order valence-electron chi connectivity index (χ0n) is 15.6. The Balaban J connectivity index is 1.60. The van der Waals surface area contributed by atoms with Crippen molar-refractivity contribution in [3.63, 3.8) is 0 Å². The number of amides is 1. The SMILES string of the molecule is CC(C)(C)n1ncc2c1CCC[C@H]2NC(=O)c1ccc2ccccc2c1. The minimum absolute atomic E-state index is 0.0166. The van der Waals surface area contributed by atoms with Crippen LogP contribution < -0.4 is 5.32 Å². The molecule has 0 fully saturated rings. The van der Waals surface area contributed by atoms with Gasteiger partial charge in [0.15, 0.2) is 0 Å². The van der Waals surface area contributed by atoms with E-state index in [9.17, 15) is 4.79 Å². The number of nitrogens with zero attached hydrogens (tertiary/aromatic N) is 2. The molecule has 3 aromatic rings. The highest BCUT2D eigenvalue weighted by Gasteiger charge is 2.29. The maximum atomic E-state index is 12.8. The summed E-state index contributed by atoms with van der Waals surface area (Å²) in [4.78, 5) is 12.8. The molecule has 0 aliphatic heterocycles. The van der Waals surface area contributed by atoms with E-state index in [0.717, 1.165) is 30.0 Å². The Kier molecular flexibility index (Phi) is 4.06. The van der Waals surface area contributed by atoms with Crippen LogP contribution in [0.25, 0.3) is 10.8 Å². The van der Waals surface area contributed by atoms with Gasteiger partial charge in [-0.25, -0.2) is 0 Å². The zero-order chi connectivity index (χ0) is 18.3. The summed E-state index contributed by atoms with van der Waals surface area (Å²) in [7, 11) is 0. The van der Waals surface area contributed by atoms with Crippen LogP contribution >= 0.6 is 0 Å². The lowest BCUT2D eigenvalue weighted by Gasteiger charge is -2.28. The highest BCUT2D eigenvalue weighted by Crippen LogP contribution is 2.32. The molecule has 1 aliphatic rings. The quantitative estimate of drug-likeness (QED) is 0.736. The molecule has 4 rings (SSSR count). The van der Waals surface area contributed by atoms with Gasteiger partial charge in [-0.05, 0) is 62.9 Å². The van der Waals surface area contributed by atoms with E-state index in [-0.39, 0.29) is 17.5 Å². The average Bonchev–Trinajstić information content (AvgIpc) is 3.07. The maximum absolute atomic E-state index is 12.8. The molecule has 1 N–H and O–H groups in total. The number of aromatic nitrogens is 2. The molecule has 1 atom stereocenters. The molecule has 4 heteroatoms. The van der Waals surface area contributed by atoms with E-state index in [4.69, 9.17) is 0 Å². The molecular formula is C22H25N3O. The van der Waals surface area contributed by atoms with Crippen LogP contribution in [0.5, 0.6) is 0 Å². The normalized spacial score (nSPS) is 17.1. The van der Waals surface area contributed by atoms with E-state index >= 15 is 0 Å². The predicted molar refractivity (Wildman–Crippen MR) is 104 cm³/mol. The van der Waals surface area contributed by atoms with Crippen molar-refractivity contribution < 1.29 is 4.79 Å². The number of benzene rings is 2. The number of nitrogens with one attached hydrogen (secondary N) is 1. The number of hydrogen-bond acceptors (Lipinski definition) is 2. The first-order valence-corrected chi connectivity index (χ1v) is 9.30. The predicted octanol–water partition coefficient (Wildman–Crippen LogP) is 4.60. The molecule has 2 aromatic carbocycles. The lowest BCUT2D eigenvalue weighted by Crippen LogP contribution is -2.32. The minimum Gasteiger partial charge on any atom is -0.345 e. The second-order valence-corrected chi connectivity index (χ2v) is 8.11. The Morgan fingerprint density at radius 2 is 1.92 bits per heavy atom. The average molecular weight is 347 g/mol. The molecule has 26 heavy (non-hydrogen) atoms. The lowest BCUT2D eigenvalue weighted by molar-refractivity contribution is 0.0932. The van der Waals surface area contributed by atoms with E-state index in [2.05, 4.69) is 41.9 Å². The fourth-order valence-electron chi connectivity index (χ4n) is 3.86. The number of carbonyl (C=O) groups excluding carboxylic acids is 1. The van der Waals surface area contributed by atoms with Crippen molar-refractivity contribution in [3.05, 3.63) is 65.5 Å². The third-order valence-corrected chi connectivity index (χ3v) is 5.14. The van der Waals surface area contributed by atoms with Crippen LogP contribution in [-0.2, 0) is 12.0 Å². The molecule has 0 unspecified atom stereocenters. The zero-order valence-corrected chi connectivity index (χ0v) is 15.6. The number of fused-ring (bicyclic) bond motifs is 2. The Morgan fingerprint density at radius 3 is 2.69 bits per heavy atom. The molecule has 1 aromatic heterocycles. The van der Waals surface area contributed by atoms with Gasteiger partial charge < -0.3 is 5.32 Å². The number of rotatable bonds is 2. The van der Waals surface area contributed by atoms with Gasteiger partial charge in [-0.1, -0.05) is 30.3 Å². The van der Waals surface area contributed by atoms with Crippen molar-refractivity contribution in [2.75, 3.05) is 0 Å². The van der Waals surface area contributed by atoms with Gasteiger partial charge in [-0.3, -0.25) is 9.48 Å². The van der Waals surface area contributed by atoms with E-state index in [1.807, 2.05) is 42.6 Å². The smallest absolute Gasteiger partial charge is 0.251 e. The van der Waals surface area contributed by atoms with Crippen LogP contribution in [0.15, 0.2) is 48.7 Å². The van der Waals surface area contributed by atoms with Crippen molar-refractivity contribution in [1.29, 1.82) is 0 Å². The van der Waals surface area contributed by atoms with E-state index in [0.29, 0.717) is 5.56 Å². The molecule has 0 saturated carbocycles. The molecule has 1 aliphatic carbocycles. The van der Waals surface area contributed by atoms with Crippen LogP contribution in [0.2, 0.25) is 0 Å². The molecule has 0 bridgehead atoms. The molecular weight excluding hydrogens is 322 g/mol. The Morgan fingerprint density at radius 1 is 1.15 bits per heavy atom. The van der Waals surface area contributed by atoms with Gasteiger partial charge in [0.05, 0.1) is 17.8 Å². The summed E-state index contributed by atoms with van der Waals surface area (Å²) in [5.41, 5.74) is 3.09. The fraction of sp³-hybridized carbons (Fsp3) is 0.364. The first-order valence-electron chi connectivity index (χ1n) is 9.30. The first-order chi connectivity index (χ1) is 12.4. The molecule has 0 radical (unpaired) electrons. The van der Waals surface area contributed by atoms with Crippen molar-refractivity contribution in [2.24, 2.45) is 0 Å². The molecule has 1 heterocycles. The van der Waals surface area contributed by atoms with Gasteiger partial charge in [-0.15, -0.1) is 0 Å². The monoisotopic (exact) mass is 347 g/mol. The van der Waals surface area contributed by atoms with Crippen molar-refractivity contribution in [2.45, 2.75) is 51.6 Å². The Labute approximate surface area is 154 Å². The molecule has 1 amide bonds. The summed E-state index contributed by atoms with van der Waals surface area (Å²) in [5.74, 6) is -0.0166. The van der Waals surface area contributed by atoms with Gasteiger partial charge in [0.2, 0.25) is 0 Å². The second-order valence-electron chi connectivity index (χ2n) is 8.11. The van der Waals surface area contributed by atoms with Crippen molar-refractivity contribution in [3.8, 4) is 0 Å². The third kappa shape index (κ3) is 3.00. The lowest BCUT2D eigenvalue weighted by atomic mass is 9.92. The standard InChI is InChI=1S/C22H25N3O/c1-22(2,3)25-20-10-6-9-19(18(20)14-23-25)24-21(26)17-12-11-15-7-4-5-8-16(15)13-17/h4-5,7-8,11-14,19H,6,9-10H2,1-3H3,(H,24,26)/t19-/m1/s1. The molecule has 0 spiro atoms. The highest BCUT2D eigenvalue weighted by atomic mass is 16.1. The van der Waals surface area contributed by atoms with Crippen LogP contribution in [0.1, 0.15) is 61.3 Å². The Hall–Kier alpha value is -2.62. The van der Waals surface area contributed by atoms with E-state index in [1.165, 1.54) is 11.3 Å². The molecule has 0 saturated heterocycles. The van der Waals surface area contributed by atoms with E-state index in [1.54, 1.807) is 0 Å². The van der Waals surface area contributed by atoms with Gasteiger partial charge in [0.25, 0.3) is 5.91 Å². The summed E-state index contributed by atoms with van der Waals surface area (Å²) in [6, 6.07) is 14.0. The van der Waals surface area contributed by atoms with Gasteiger partial charge in [-0.2, -0.15) is 5.10 Å². The second kappa shape index (κ2) is 6.27. The van der Waals surface area contributed by atoms with Crippen LogP contribution in [-0.4, -0.2) is 15.7 Å². The van der Waals surface area contributed by atoms with Crippen LogP contribution in [0, 0.1) is 0 Å². The largest absolute Gasteiger partial charge is 0.345 e. The summed E-state index contributed by atoms with van der Waals surface area (Å²) >= 11 is 0. The topological polar surface area (TPSA) is 46.9 Å². The van der Waals surface area contributed by atoms with Gasteiger partial charge in [0, 0.05) is 16.8 Å². The first kappa shape index (κ1) is 16.8.